The second kappa shape index (κ2) is 8.13. The number of amides is 2. The molecule has 2 amide bonds. The van der Waals surface area contributed by atoms with Crippen molar-refractivity contribution < 1.29 is 9.59 Å². The van der Waals surface area contributed by atoms with Crippen molar-refractivity contribution in [3.8, 4) is 0 Å². The summed E-state index contributed by atoms with van der Waals surface area (Å²) in [5, 5.41) is 2.99. The smallest absolute Gasteiger partial charge is 0.255 e. The van der Waals surface area contributed by atoms with Crippen molar-refractivity contribution in [2.75, 3.05) is 6.54 Å². The van der Waals surface area contributed by atoms with Crippen LogP contribution in [0.25, 0.3) is 0 Å². The minimum absolute atomic E-state index is 0.0499. The van der Waals surface area contributed by atoms with E-state index in [2.05, 4.69) is 24.1 Å². The van der Waals surface area contributed by atoms with Crippen LogP contribution >= 0.6 is 0 Å². The molecular weight excluding hydrogens is 326 g/mol. The van der Waals surface area contributed by atoms with Crippen molar-refractivity contribution in [3.05, 3.63) is 65.5 Å². The summed E-state index contributed by atoms with van der Waals surface area (Å²) in [5.74, 6) is 0.181. The van der Waals surface area contributed by atoms with Gasteiger partial charge in [0.2, 0.25) is 5.91 Å². The summed E-state index contributed by atoms with van der Waals surface area (Å²) < 4.78 is 0. The van der Waals surface area contributed by atoms with E-state index >= 15 is 0 Å². The maximum absolute atomic E-state index is 12.8. The third kappa shape index (κ3) is 4.10. The van der Waals surface area contributed by atoms with Crippen LogP contribution < -0.4 is 5.32 Å². The largest absolute Gasteiger partial charge is 0.354 e. The van der Waals surface area contributed by atoms with E-state index in [9.17, 15) is 9.59 Å². The zero-order chi connectivity index (χ0) is 18.5. The van der Waals surface area contributed by atoms with Gasteiger partial charge in [-0.2, -0.15) is 0 Å². The van der Waals surface area contributed by atoms with Gasteiger partial charge in [0, 0.05) is 37.0 Å². The highest BCUT2D eigenvalue weighted by atomic mass is 16.2. The van der Waals surface area contributed by atoms with E-state index in [4.69, 9.17) is 0 Å². The predicted molar refractivity (Wildman–Crippen MR) is 101 cm³/mol. The number of nitrogens with zero attached hydrogens (tertiary/aromatic N) is 2. The fourth-order valence-electron chi connectivity index (χ4n) is 3.33. The molecule has 1 N–H and O–H groups in total. The fourth-order valence-corrected chi connectivity index (χ4v) is 3.33. The molecule has 1 aliphatic rings. The number of fused-ring (bicyclic) bond motifs is 1. The van der Waals surface area contributed by atoms with E-state index in [1.807, 2.05) is 42.5 Å². The number of carbonyl (C=O) groups excluding carboxylic acids is 2. The Morgan fingerprint density at radius 3 is 2.65 bits per heavy atom. The van der Waals surface area contributed by atoms with Gasteiger partial charge < -0.3 is 10.2 Å². The highest BCUT2D eigenvalue weighted by Crippen LogP contribution is 2.26. The molecule has 0 fully saturated rings. The van der Waals surface area contributed by atoms with Gasteiger partial charge >= 0.3 is 0 Å². The number of hydrogen-bond donors (Lipinski definition) is 1. The summed E-state index contributed by atoms with van der Waals surface area (Å²) in [6.45, 7) is 5.16. The molecule has 1 aromatic carbocycles. The first kappa shape index (κ1) is 18.1. The van der Waals surface area contributed by atoms with Crippen LogP contribution in [0.3, 0.4) is 0 Å². The molecule has 3 rings (SSSR count). The topological polar surface area (TPSA) is 62.3 Å². The van der Waals surface area contributed by atoms with E-state index in [1.165, 1.54) is 0 Å². The first-order valence-electron chi connectivity index (χ1n) is 9.12. The number of carbonyl (C=O) groups is 2. The molecule has 0 radical (unpaired) electrons. The molecule has 1 aromatic heterocycles. The first-order valence-corrected chi connectivity index (χ1v) is 9.12. The summed E-state index contributed by atoms with van der Waals surface area (Å²) in [5.41, 5.74) is 2.65. The zero-order valence-corrected chi connectivity index (χ0v) is 15.3. The Labute approximate surface area is 154 Å². The molecule has 0 unspecified atom stereocenters. The lowest BCUT2D eigenvalue weighted by Gasteiger charge is -2.28. The molecule has 0 saturated carbocycles. The van der Waals surface area contributed by atoms with E-state index in [-0.39, 0.29) is 11.8 Å². The van der Waals surface area contributed by atoms with Crippen molar-refractivity contribution in [3.63, 3.8) is 0 Å². The van der Waals surface area contributed by atoms with Crippen molar-refractivity contribution in [1.82, 2.24) is 15.2 Å². The Kier molecular flexibility index (Phi) is 5.66. The Bertz CT molecular complexity index is 774. The van der Waals surface area contributed by atoms with Gasteiger partial charge in [-0.25, -0.2) is 0 Å². The lowest BCUT2D eigenvalue weighted by atomic mass is 10.0. The Balaban J connectivity index is 1.66. The molecule has 5 nitrogen and oxygen atoms in total. The highest BCUT2D eigenvalue weighted by molar-refractivity contribution is 6.01. The average molecular weight is 351 g/mol. The molecule has 0 saturated heterocycles. The molecule has 0 bridgehead atoms. The maximum Gasteiger partial charge on any atom is 0.255 e. The normalized spacial score (nSPS) is 14.4. The van der Waals surface area contributed by atoms with Crippen LogP contribution in [-0.4, -0.2) is 34.3 Å². The zero-order valence-electron chi connectivity index (χ0n) is 15.3. The van der Waals surface area contributed by atoms with Gasteiger partial charge in [-0.1, -0.05) is 38.1 Å². The number of hydrogen-bond acceptors (Lipinski definition) is 3. The van der Waals surface area contributed by atoms with Gasteiger partial charge in [-0.3, -0.25) is 14.6 Å². The summed E-state index contributed by atoms with van der Waals surface area (Å²) in [4.78, 5) is 31.6. The van der Waals surface area contributed by atoms with E-state index in [0.29, 0.717) is 37.4 Å². The Morgan fingerprint density at radius 1 is 1.19 bits per heavy atom. The van der Waals surface area contributed by atoms with Gasteiger partial charge in [-0.05, 0) is 36.1 Å². The minimum atomic E-state index is -0.446. The summed E-state index contributed by atoms with van der Waals surface area (Å²) in [7, 11) is 0. The van der Waals surface area contributed by atoms with Gasteiger partial charge in [-0.15, -0.1) is 0 Å². The molecule has 5 heteroatoms. The molecule has 26 heavy (non-hydrogen) atoms. The summed E-state index contributed by atoms with van der Waals surface area (Å²) in [6, 6.07) is 12.9. The van der Waals surface area contributed by atoms with E-state index in [1.54, 1.807) is 11.1 Å². The molecule has 0 spiro atoms. The van der Waals surface area contributed by atoms with Crippen LogP contribution in [0, 0.1) is 5.92 Å². The van der Waals surface area contributed by atoms with Crippen molar-refractivity contribution in [1.29, 1.82) is 0 Å². The predicted octanol–water partition coefficient (Wildman–Crippen LogP) is 2.81. The Morgan fingerprint density at radius 2 is 1.96 bits per heavy atom. The van der Waals surface area contributed by atoms with Crippen LogP contribution in [0.2, 0.25) is 0 Å². The van der Waals surface area contributed by atoms with Crippen LogP contribution in [0.4, 0.5) is 0 Å². The molecule has 2 heterocycles. The third-order valence-corrected chi connectivity index (χ3v) is 4.63. The summed E-state index contributed by atoms with van der Waals surface area (Å²) in [6.07, 6.45) is 3.07. The van der Waals surface area contributed by atoms with Gasteiger partial charge in [0.25, 0.3) is 5.91 Å². The number of aromatic nitrogens is 1. The monoisotopic (exact) mass is 351 g/mol. The molecule has 0 aliphatic carbocycles. The van der Waals surface area contributed by atoms with Crippen LogP contribution in [-0.2, 0) is 17.8 Å². The molecule has 1 atom stereocenters. The van der Waals surface area contributed by atoms with E-state index < -0.39 is 6.04 Å². The van der Waals surface area contributed by atoms with E-state index in [0.717, 1.165) is 11.3 Å². The lowest BCUT2D eigenvalue weighted by Crippen LogP contribution is -2.48. The number of benzene rings is 1. The second-order valence-electron chi connectivity index (χ2n) is 7.10. The fraction of sp³-hybridized carbons (Fsp3) is 0.381. The maximum atomic E-state index is 12.8. The number of rotatable bonds is 7. The molecule has 136 valence electrons. The van der Waals surface area contributed by atoms with Crippen LogP contribution in [0.15, 0.2) is 48.7 Å². The molecule has 1 aliphatic heterocycles. The van der Waals surface area contributed by atoms with Gasteiger partial charge in [0.1, 0.15) is 6.04 Å². The van der Waals surface area contributed by atoms with Crippen LogP contribution in [0.1, 0.15) is 41.9 Å². The lowest BCUT2D eigenvalue weighted by molar-refractivity contribution is -0.126. The molecule has 2 aromatic rings. The first-order chi connectivity index (χ1) is 12.6. The standard InChI is InChI=1S/C21H25N3O2/c1-15(2)13-19(20(25)23-12-10-17-8-5-6-11-22-17)24-14-16-7-3-4-9-18(16)21(24)26/h3-9,11,15,19H,10,12-14H2,1-2H3,(H,23,25)/t19-/m1/s1. The quantitative estimate of drug-likeness (QED) is 0.834. The van der Waals surface area contributed by atoms with Crippen molar-refractivity contribution in [2.24, 2.45) is 5.92 Å². The second-order valence-corrected chi connectivity index (χ2v) is 7.10. The summed E-state index contributed by atoms with van der Waals surface area (Å²) >= 11 is 0. The number of nitrogens with one attached hydrogen (secondary N) is 1. The SMILES string of the molecule is CC(C)C[C@H](C(=O)NCCc1ccccn1)N1Cc2ccccc2C1=O. The molecular formula is C21H25N3O2. The van der Waals surface area contributed by atoms with Gasteiger partial charge in [0.15, 0.2) is 0 Å². The van der Waals surface area contributed by atoms with Crippen molar-refractivity contribution in [2.45, 2.75) is 39.3 Å². The number of pyridine rings is 1. The van der Waals surface area contributed by atoms with Gasteiger partial charge in [0.05, 0.1) is 0 Å². The average Bonchev–Trinajstić information content (AvgIpc) is 2.97. The minimum Gasteiger partial charge on any atom is -0.354 e. The Hall–Kier alpha value is -2.69. The van der Waals surface area contributed by atoms with Crippen molar-refractivity contribution >= 4 is 11.8 Å². The van der Waals surface area contributed by atoms with Crippen LogP contribution in [0.5, 0.6) is 0 Å². The highest BCUT2D eigenvalue weighted by Gasteiger charge is 2.36. The third-order valence-electron chi connectivity index (χ3n) is 4.63.